The molecular formula is C37H38. The molecule has 0 bridgehead atoms. The number of rotatable bonds is 6. The van der Waals surface area contributed by atoms with Crippen LogP contribution in [0.5, 0.6) is 0 Å². The summed E-state index contributed by atoms with van der Waals surface area (Å²) in [6, 6.07) is 29.6. The molecule has 0 fully saturated rings. The predicted molar refractivity (Wildman–Crippen MR) is 156 cm³/mol. The van der Waals surface area contributed by atoms with Crippen molar-refractivity contribution in [3.63, 3.8) is 0 Å². The maximum atomic E-state index is 2.58. The van der Waals surface area contributed by atoms with Crippen LogP contribution in [0.25, 0.3) is 11.1 Å². The third-order valence-electron chi connectivity index (χ3n) is 10.0. The van der Waals surface area contributed by atoms with E-state index in [2.05, 4.69) is 100 Å². The molecule has 0 heterocycles. The number of hydrogen-bond acceptors (Lipinski definition) is 0. The molecule has 0 radical (unpaired) electrons. The van der Waals surface area contributed by atoms with Crippen molar-refractivity contribution in [3.8, 4) is 11.1 Å². The van der Waals surface area contributed by atoms with Gasteiger partial charge in [-0.2, -0.15) is 0 Å². The van der Waals surface area contributed by atoms with Crippen LogP contribution in [0, 0.1) is 0 Å². The van der Waals surface area contributed by atoms with Gasteiger partial charge in [0.2, 0.25) is 0 Å². The molecule has 0 atom stereocenters. The Kier molecular flexibility index (Phi) is 5.10. The Labute approximate surface area is 222 Å². The molecular weight excluding hydrogens is 444 g/mol. The summed E-state index contributed by atoms with van der Waals surface area (Å²) in [4.78, 5) is 0. The van der Waals surface area contributed by atoms with E-state index >= 15 is 0 Å². The van der Waals surface area contributed by atoms with E-state index in [9.17, 15) is 0 Å². The zero-order chi connectivity index (χ0) is 25.4. The van der Waals surface area contributed by atoms with Crippen molar-refractivity contribution >= 4 is 0 Å². The average molecular weight is 483 g/mol. The van der Waals surface area contributed by atoms with Gasteiger partial charge in [0.05, 0.1) is 5.41 Å². The molecule has 0 heteroatoms. The molecule has 0 N–H and O–H groups in total. The largest absolute Gasteiger partial charge is 0.0713 e. The maximum absolute atomic E-state index is 2.58. The molecule has 4 aromatic carbocycles. The first-order chi connectivity index (χ1) is 18.0. The smallest absolute Gasteiger partial charge is 0.0651 e. The van der Waals surface area contributed by atoms with Gasteiger partial charge in [0.1, 0.15) is 0 Å². The average Bonchev–Trinajstić information content (AvgIpc) is 3.16. The third-order valence-corrected chi connectivity index (χ3v) is 10.0. The summed E-state index contributed by atoms with van der Waals surface area (Å²) in [5.74, 6) is 0. The molecule has 0 saturated carbocycles. The van der Waals surface area contributed by atoms with Crippen LogP contribution < -0.4 is 0 Å². The monoisotopic (exact) mass is 482 g/mol. The Bertz CT molecular complexity index is 1490. The van der Waals surface area contributed by atoms with E-state index in [0.29, 0.717) is 0 Å². The quantitative estimate of drug-likeness (QED) is 0.227. The van der Waals surface area contributed by atoms with Crippen molar-refractivity contribution < 1.29 is 0 Å². The molecule has 0 unspecified atom stereocenters. The molecule has 0 aliphatic heterocycles. The van der Waals surface area contributed by atoms with Crippen LogP contribution in [-0.2, 0) is 42.9 Å². The molecule has 3 aliphatic rings. The van der Waals surface area contributed by atoms with Gasteiger partial charge in [0.25, 0.3) is 0 Å². The van der Waals surface area contributed by atoms with Crippen LogP contribution in [-0.4, -0.2) is 0 Å². The van der Waals surface area contributed by atoms with Crippen LogP contribution in [0.4, 0.5) is 0 Å². The molecule has 37 heavy (non-hydrogen) atoms. The molecule has 0 spiro atoms. The SMILES string of the molecule is CCCc1ccc2c(c1)C(c1ccc3c(c1)CC3)(c1ccc3c(c1)CC3)c1cc(C(C)(C)CC)ccc1-2. The predicted octanol–water partition coefficient (Wildman–Crippen LogP) is 8.89. The number of fused-ring (bicyclic) bond motifs is 5. The Balaban J connectivity index is 1.60. The van der Waals surface area contributed by atoms with Gasteiger partial charge in [-0.15, -0.1) is 0 Å². The highest BCUT2D eigenvalue weighted by Crippen LogP contribution is 2.58. The minimum Gasteiger partial charge on any atom is -0.0651 e. The van der Waals surface area contributed by atoms with E-state index in [4.69, 9.17) is 0 Å². The van der Waals surface area contributed by atoms with Crippen LogP contribution in [0.1, 0.15) is 96.2 Å². The summed E-state index contributed by atoms with van der Waals surface area (Å²) in [6.07, 6.45) is 8.30. The van der Waals surface area contributed by atoms with Gasteiger partial charge in [0, 0.05) is 0 Å². The highest BCUT2D eigenvalue weighted by atomic mass is 14.5. The Morgan fingerprint density at radius 1 is 0.622 bits per heavy atom. The first-order valence-electron chi connectivity index (χ1n) is 14.5. The maximum Gasteiger partial charge on any atom is 0.0713 e. The Morgan fingerprint density at radius 2 is 1.19 bits per heavy atom. The Morgan fingerprint density at radius 3 is 1.70 bits per heavy atom. The van der Waals surface area contributed by atoms with Crippen molar-refractivity contribution in [2.24, 2.45) is 0 Å². The Hall–Kier alpha value is -3.12. The molecule has 4 aromatic rings. The number of benzene rings is 4. The molecule has 186 valence electrons. The van der Waals surface area contributed by atoms with Gasteiger partial charge in [-0.25, -0.2) is 0 Å². The minimum absolute atomic E-state index is 0.143. The normalized spacial score (nSPS) is 16.2. The van der Waals surface area contributed by atoms with Crippen LogP contribution in [0.3, 0.4) is 0 Å². The summed E-state index contributed by atoms with van der Waals surface area (Å²) < 4.78 is 0. The molecule has 3 aliphatic carbocycles. The van der Waals surface area contributed by atoms with Crippen LogP contribution >= 0.6 is 0 Å². The van der Waals surface area contributed by atoms with E-state index in [1.54, 1.807) is 11.1 Å². The lowest BCUT2D eigenvalue weighted by Gasteiger charge is -2.37. The second-order valence-corrected chi connectivity index (χ2v) is 12.3. The molecule has 7 rings (SSSR count). The van der Waals surface area contributed by atoms with Crippen LogP contribution in [0.2, 0.25) is 0 Å². The molecule has 0 amide bonds. The van der Waals surface area contributed by atoms with E-state index in [1.165, 1.54) is 87.7 Å². The van der Waals surface area contributed by atoms with E-state index in [0.717, 1.165) is 12.8 Å². The standard InChI is InChI=1S/C37H38/c1-5-7-24-8-18-32-33-19-17-29(36(3,4)6-2)23-35(33)37(34(32)20-24,30-15-13-25-9-11-27(25)21-30)31-16-14-26-10-12-28(26)22-31/h8,13-23H,5-7,9-12H2,1-4H3. The van der Waals surface area contributed by atoms with Gasteiger partial charge in [0.15, 0.2) is 0 Å². The second-order valence-electron chi connectivity index (χ2n) is 12.3. The summed E-state index contributed by atoms with van der Waals surface area (Å²) in [6.45, 7) is 9.41. The zero-order valence-electron chi connectivity index (χ0n) is 22.9. The van der Waals surface area contributed by atoms with Crippen molar-refractivity contribution in [1.29, 1.82) is 0 Å². The fourth-order valence-corrected chi connectivity index (χ4v) is 7.09. The number of hydrogen-bond donors (Lipinski definition) is 0. The fourth-order valence-electron chi connectivity index (χ4n) is 7.09. The van der Waals surface area contributed by atoms with E-state index in [1.807, 2.05) is 0 Å². The first-order valence-corrected chi connectivity index (χ1v) is 14.5. The van der Waals surface area contributed by atoms with Crippen LogP contribution in [0.15, 0.2) is 72.8 Å². The van der Waals surface area contributed by atoms with E-state index in [-0.39, 0.29) is 10.8 Å². The lowest BCUT2D eigenvalue weighted by atomic mass is 9.64. The summed E-state index contributed by atoms with van der Waals surface area (Å²) >= 11 is 0. The molecule has 0 aromatic heterocycles. The van der Waals surface area contributed by atoms with Gasteiger partial charge in [-0.05, 0) is 111 Å². The molecule has 0 saturated heterocycles. The van der Waals surface area contributed by atoms with Gasteiger partial charge in [-0.3, -0.25) is 0 Å². The topological polar surface area (TPSA) is 0 Å². The summed E-state index contributed by atoms with van der Waals surface area (Å²) in [7, 11) is 0. The third kappa shape index (κ3) is 3.21. The highest BCUT2D eigenvalue weighted by molar-refractivity contribution is 5.87. The van der Waals surface area contributed by atoms with Crippen molar-refractivity contribution in [2.45, 2.75) is 83.5 Å². The van der Waals surface area contributed by atoms with Crippen molar-refractivity contribution in [3.05, 3.63) is 128 Å². The summed E-state index contributed by atoms with van der Waals surface area (Å²) in [5, 5.41) is 0. The van der Waals surface area contributed by atoms with Crippen molar-refractivity contribution in [1.82, 2.24) is 0 Å². The fraction of sp³-hybridized carbons (Fsp3) is 0.351. The zero-order valence-corrected chi connectivity index (χ0v) is 22.9. The first kappa shape index (κ1) is 23.0. The second kappa shape index (κ2) is 8.19. The van der Waals surface area contributed by atoms with E-state index < -0.39 is 0 Å². The van der Waals surface area contributed by atoms with Crippen molar-refractivity contribution in [2.75, 3.05) is 0 Å². The highest BCUT2D eigenvalue weighted by Gasteiger charge is 2.47. The lowest BCUT2D eigenvalue weighted by molar-refractivity contribution is 0.505. The number of aryl methyl sites for hydroxylation is 5. The minimum atomic E-state index is -0.274. The summed E-state index contributed by atoms with van der Waals surface area (Å²) in [5.41, 5.74) is 17.6. The van der Waals surface area contributed by atoms with Gasteiger partial charge in [-0.1, -0.05) is 107 Å². The lowest BCUT2D eigenvalue weighted by Crippen LogP contribution is -2.31. The van der Waals surface area contributed by atoms with Gasteiger partial charge >= 0.3 is 0 Å². The van der Waals surface area contributed by atoms with Gasteiger partial charge < -0.3 is 0 Å². The molecule has 0 nitrogen and oxygen atoms in total.